The first kappa shape index (κ1) is 41.9. The van der Waals surface area contributed by atoms with Gasteiger partial charge in [0.1, 0.15) is 12.7 Å². The Hall–Kier alpha value is -1.13. The number of aliphatic hydroxyl groups is 1. The van der Waals surface area contributed by atoms with E-state index in [0.29, 0.717) is 13.0 Å². The van der Waals surface area contributed by atoms with Crippen LogP contribution in [-0.2, 0) is 14.3 Å². The first-order valence-electron chi connectivity index (χ1n) is 18.9. The van der Waals surface area contributed by atoms with Crippen molar-refractivity contribution in [3.8, 4) is 0 Å². The molecule has 43 heavy (non-hydrogen) atoms. The maximum atomic E-state index is 12.1. The van der Waals surface area contributed by atoms with E-state index in [1.807, 2.05) is 0 Å². The molecule has 1 N–H and O–H groups in total. The van der Waals surface area contributed by atoms with Crippen LogP contribution >= 0.6 is 0 Å². The summed E-state index contributed by atoms with van der Waals surface area (Å²) in [5.41, 5.74) is 0. The van der Waals surface area contributed by atoms with Crippen LogP contribution in [0.15, 0.2) is 24.3 Å². The zero-order chi connectivity index (χ0) is 31.3. The number of hydrogen-bond acceptors (Lipinski definition) is 4. The van der Waals surface area contributed by atoms with Crippen molar-refractivity contribution >= 4 is 5.97 Å². The lowest BCUT2D eigenvalue weighted by Gasteiger charge is -2.15. The topological polar surface area (TPSA) is 55.8 Å². The summed E-state index contributed by atoms with van der Waals surface area (Å²) in [6, 6.07) is 0. The maximum Gasteiger partial charge on any atom is 0.305 e. The zero-order valence-corrected chi connectivity index (χ0v) is 29.0. The molecule has 0 amide bonds. The second-order valence-corrected chi connectivity index (χ2v) is 12.6. The number of unbranched alkanes of at least 4 members (excludes halogenated alkanes) is 23. The van der Waals surface area contributed by atoms with E-state index in [4.69, 9.17) is 9.47 Å². The molecular formula is C39H74O4. The largest absolute Gasteiger partial charge is 0.463 e. The lowest BCUT2D eigenvalue weighted by atomic mass is 10.1. The molecule has 0 saturated carbocycles. The summed E-state index contributed by atoms with van der Waals surface area (Å²) in [6.07, 6.45) is 43.7. The number of aliphatic hydroxyl groups excluding tert-OH is 1. The van der Waals surface area contributed by atoms with Crippen LogP contribution in [0.4, 0.5) is 0 Å². The Morgan fingerprint density at radius 3 is 1.33 bits per heavy atom. The number of ether oxygens (including phenoxy) is 2. The van der Waals surface area contributed by atoms with E-state index >= 15 is 0 Å². The molecule has 0 aromatic carbocycles. The molecule has 0 aliphatic carbocycles. The van der Waals surface area contributed by atoms with Crippen LogP contribution in [0.3, 0.4) is 0 Å². The predicted octanol–water partition coefficient (Wildman–Crippen LogP) is 12.0. The fourth-order valence-electron chi connectivity index (χ4n) is 5.35. The summed E-state index contributed by atoms with van der Waals surface area (Å²) < 4.78 is 11.1. The maximum absolute atomic E-state index is 12.1. The van der Waals surface area contributed by atoms with Gasteiger partial charge in [-0.2, -0.15) is 0 Å². The van der Waals surface area contributed by atoms with Crippen LogP contribution in [0.1, 0.15) is 194 Å². The Morgan fingerprint density at radius 1 is 0.535 bits per heavy atom. The third kappa shape index (κ3) is 35.2. The fourth-order valence-corrected chi connectivity index (χ4v) is 5.35. The summed E-state index contributed by atoms with van der Waals surface area (Å²) in [5, 5.41) is 9.56. The van der Waals surface area contributed by atoms with E-state index in [1.54, 1.807) is 0 Å². The standard InChI is InChI=1S/C39H74O4/c1-3-5-7-9-11-13-15-17-19-21-23-25-27-29-31-33-35-42-38(36-40)37-43-39(41)34-32-30-28-26-24-22-20-18-16-14-12-10-8-6-4-2/h17-20,38,40H,3-16,21-37H2,1-2H3/b19-17-,20-18-. The number of rotatable bonds is 35. The number of carbonyl (C=O) groups is 1. The molecule has 1 atom stereocenters. The van der Waals surface area contributed by atoms with Crippen LogP contribution < -0.4 is 0 Å². The van der Waals surface area contributed by atoms with Gasteiger partial charge in [0.2, 0.25) is 0 Å². The molecule has 254 valence electrons. The van der Waals surface area contributed by atoms with Gasteiger partial charge in [0.05, 0.1) is 6.61 Å². The van der Waals surface area contributed by atoms with Gasteiger partial charge in [-0.3, -0.25) is 4.79 Å². The number of allylic oxidation sites excluding steroid dienone is 4. The van der Waals surface area contributed by atoms with Crippen molar-refractivity contribution in [2.24, 2.45) is 0 Å². The number of carbonyl (C=O) groups excluding carboxylic acids is 1. The lowest BCUT2D eigenvalue weighted by molar-refractivity contribution is -0.149. The third-order valence-corrected chi connectivity index (χ3v) is 8.29. The van der Waals surface area contributed by atoms with Crippen molar-refractivity contribution in [2.45, 2.75) is 200 Å². The highest BCUT2D eigenvalue weighted by atomic mass is 16.6. The molecule has 0 aromatic heterocycles. The van der Waals surface area contributed by atoms with Gasteiger partial charge in [0, 0.05) is 13.0 Å². The van der Waals surface area contributed by atoms with E-state index in [2.05, 4.69) is 38.2 Å². The smallest absolute Gasteiger partial charge is 0.305 e. The Balaban J connectivity index is 3.45. The summed E-state index contributed by atoms with van der Waals surface area (Å²) in [6.45, 7) is 5.22. The van der Waals surface area contributed by atoms with Gasteiger partial charge in [0.25, 0.3) is 0 Å². The summed E-state index contributed by atoms with van der Waals surface area (Å²) >= 11 is 0. The summed E-state index contributed by atoms with van der Waals surface area (Å²) in [5.74, 6) is -0.170. The minimum atomic E-state index is -0.402. The van der Waals surface area contributed by atoms with E-state index < -0.39 is 6.10 Å². The van der Waals surface area contributed by atoms with Crippen LogP contribution in [0, 0.1) is 0 Å². The third-order valence-electron chi connectivity index (χ3n) is 8.29. The normalized spacial score (nSPS) is 12.5. The van der Waals surface area contributed by atoms with Crippen molar-refractivity contribution in [3.63, 3.8) is 0 Å². The highest BCUT2D eigenvalue weighted by Gasteiger charge is 2.11. The second kappa shape index (κ2) is 37.1. The molecule has 0 bridgehead atoms. The van der Waals surface area contributed by atoms with E-state index in [0.717, 1.165) is 25.7 Å². The highest BCUT2D eigenvalue weighted by molar-refractivity contribution is 5.69. The van der Waals surface area contributed by atoms with E-state index in [9.17, 15) is 9.90 Å². The summed E-state index contributed by atoms with van der Waals surface area (Å²) in [4.78, 5) is 12.1. The van der Waals surface area contributed by atoms with Gasteiger partial charge >= 0.3 is 5.97 Å². The molecule has 4 heteroatoms. The SMILES string of the molecule is CCCCCCCC/C=C\CCCCCCCCOC(CO)COC(=O)CCCCCCC/C=C\CCCCCCCC. The van der Waals surface area contributed by atoms with E-state index in [-0.39, 0.29) is 19.2 Å². The van der Waals surface area contributed by atoms with Crippen LogP contribution in [0.2, 0.25) is 0 Å². The van der Waals surface area contributed by atoms with Crippen LogP contribution in [0.5, 0.6) is 0 Å². The Kier molecular flexibility index (Phi) is 36.1. The molecule has 0 aliphatic rings. The molecule has 0 aromatic rings. The van der Waals surface area contributed by atoms with Crippen molar-refractivity contribution in [3.05, 3.63) is 24.3 Å². The van der Waals surface area contributed by atoms with Gasteiger partial charge < -0.3 is 14.6 Å². The average Bonchev–Trinajstić information content (AvgIpc) is 3.02. The Morgan fingerprint density at radius 2 is 0.907 bits per heavy atom. The van der Waals surface area contributed by atoms with Crippen LogP contribution in [0.25, 0.3) is 0 Å². The zero-order valence-electron chi connectivity index (χ0n) is 29.0. The van der Waals surface area contributed by atoms with E-state index in [1.165, 1.54) is 148 Å². The first-order chi connectivity index (χ1) is 21.2. The monoisotopic (exact) mass is 607 g/mol. The van der Waals surface area contributed by atoms with Crippen LogP contribution in [-0.4, -0.2) is 37.0 Å². The second-order valence-electron chi connectivity index (χ2n) is 12.6. The first-order valence-corrected chi connectivity index (χ1v) is 18.9. The van der Waals surface area contributed by atoms with Gasteiger partial charge in [0.15, 0.2) is 0 Å². The molecular weight excluding hydrogens is 532 g/mol. The number of hydrogen-bond donors (Lipinski definition) is 1. The average molecular weight is 607 g/mol. The summed E-state index contributed by atoms with van der Waals surface area (Å²) in [7, 11) is 0. The Labute approximate surface area is 268 Å². The quantitative estimate of drug-likeness (QED) is 0.0443. The van der Waals surface area contributed by atoms with Crippen molar-refractivity contribution in [2.75, 3.05) is 19.8 Å². The minimum absolute atomic E-state index is 0.104. The molecule has 0 aliphatic heterocycles. The minimum Gasteiger partial charge on any atom is -0.463 e. The van der Waals surface area contributed by atoms with Gasteiger partial charge in [-0.15, -0.1) is 0 Å². The van der Waals surface area contributed by atoms with Crippen molar-refractivity contribution in [1.29, 1.82) is 0 Å². The van der Waals surface area contributed by atoms with Crippen molar-refractivity contribution < 1.29 is 19.4 Å². The molecule has 0 fully saturated rings. The highest BCUT2D eigenvalue weighted by Crippen LogP contribution is 2.12. The van der Waals surface area contributed by atoms with Gasteiger partial charge in [-0.25, -0.2) is 0 Å². The van der Waals surface area contributed by atoms with Crippen molar-refractivity contribution in [1.82, 2.24) is 0 Å². The molecule has 0 saturated heterocycles. The molecule has 1 unspecified atom stereocenters. The fraction of sp³-hybridized carbons (Fsp3) is 0.872. The lowest BCUT2D eigenvalue weighted by Crippen LogP contribution is -2.26. The predicted molar refractivity (Wildman–Crippen MR) is 187 cm³/mol. The Bertz CT molecular complexity index is 600. The molecule has 0 rings (SSSR count). The molecule has 0 radical (unpaired) electrons. The molecule has 0 heterocycles. The van der Waals surface area contributed by atoms with Gasteiger partial charge in [-0.05, 0) is 64.2 Å². The number of esters is 1. The molecule has 0 spiro atoms. The van der Waals surface area contributed by atoms with Gasteiger partial charge in [-0.1, -0.05) is 147 Å². The molecule has 4 nitrogen and oxygen atoms in total.